The average molecular weight is 239 g/mol. The summed E-state index contributed by atoms with van der Waals surface area (Å²) in [6.45, 7) is 4.73. The minimum atomic E-state index is 0.196. The van der Waals surface area contributed by atoms with E-state index < -0.39 is 0 Å². The predicted octanol–water partition coefficient (Wildman–Crippen LogP) is -0.566. The number of morpholine rings is 1. The zero-order chi connectivity index (χ0) is 12.1. The number of nitrogens with zero attached hydrogens (tertiary/aromatic N) is 2. The number of nitrogens with two attached hydrogens (primary N) is 1. The number of rotatable bonds is 3. The van der Waals surface area contributed by atoms with Crippen molar-refractivity contribution in [2.24, 2.45) is 5.73 Å². The molecule has 2 rings (SSSR count). The second-order valence-electron chi connectivity index (χ2n) is 4.48. The highest BCUT2D eigenvalue weighted by Gasteiger charge is 2.23. The Morgan fingerprint density at radius 3 is 2.82 bits per heavy atom. The van der Waals surface area contributed by atoms with Gasteiger partial charge in [0, 0.05) is 32.2 Å². The molecular weight excluding hydrogens is 218 g/mol. The van der Waals surface area contributed by atoms with Crippen molar-refractivity contribution >= 4 is 5.91 Å². The fourth-order valence-electron chi connectivity index (χ4n) is 2.29. The highest BCUT2D eigenvalue weighted by Crippen LogP contribution is 2.10. The SMILES string of the molecule is NCC1C=CCCN1CC(=O)N1CCOCC1. The van der Waals surface area contributed by atoms with E-state index in [1.54, 1.807) is 0 Å². The van der Waals surface area contributed by atoms with Crippen LogP contribution in [0.5, 0.6) is 0 Å². The van der Waals surface area contributed by atoms with Gasteiger partial charge in [0.25, 0.3) is 0 Å². The van der Waals surface area contributed by atoms with Gasteiger partial charge < -0.3 is 15.4 Å². The Kier molecular flexibility index (Phi) is 4.53. The summed E-state index contributed by atoms with van der Waals surface area (Å²) in [5.41, 5.74) is 5.71. The Labute approximate surface area is 102 Å². The third kappa shape index (κ3) is 3.28. The summed E-state index contributed by atoms with van der Waals surface area (Å²) >= 11 is 0. The first kappa shape index (κ1) is 12.5. The molecule has 0 bridgehead atoms. The summed E-state index contributed by atoms with van der Waals surface area (Å²) in [6, 6.07) is 0.216. The number of ether oxygens (including phenoxy) is 1. The van der Waals surface area contributed by atoms with E-state index in [4.69, 9.17) is 10.5 Å². The number of carbonyl (C=O) groups is 1. The summed E-state index contributed by atoms with van der Waals surface area (Å²) in [5, 5.41) is 0. The van der Waals surface area contributed by atoms with Crippen LogP contribution in [-0.4, -0.2) is 67.7 Å². The molecule has 0 spiro atoms. The van der Waals surface area contributed by atoms with E-state index in [1.165, 1.54) is 0 Å². The Morgan fingerprint density at radius 1 is 1.35 bits per heavy atom. The Morgan fingerprint density at radius 2 is 2.12 bits per heavy atom. The lowest BCUT2D eigenvalue weighted by Crippen LogP contribution is -2.50. The molecule has 0 saturated carbocycles. The van der Waals surface area contributed by atoms with Gasteiger partial charge >= 0.3 is 0 Å². The zero-order valence-corrected chi connectivity index (χ0v) is 10.2. The predicted molar refractivity (Wildman–Crippen MR) is 65.6 cm³/mol. The van der Waals surface area contributed by atoms with Crippen LogP contribution in [0.2, 0.25) is 0 Å². The van der Waals surface area contributed by atoms with Crippen LogP contribution in [0.15, 0.2) is 12.2 Å². The van der Waals surface area contributed by atoms with Gasteiger partial charge in [0.2, 0.25) is 5.91 Å². The normalized spacial score (nSPS) is 26.2. The molecule has 5 nitrogen and oxygen atoms in total. The zero-order valence-electron chi connectivity index (χ0n) is 10.2. The summed E-state index contributed by atoms with van der Waals surface area (Å²) in [4.78, 5) is 16.1. The molecule has 1 unspecified atom stereocenters. The summed E-state index contributed by atoms with van der Waals surface area (Å²) in [6.07, 6.45) is 5.26. The van der Waals surface area contributed by atoms with Crippen LogP contribution < -0.4 is 5.73 Å². The molecule has 1 amide bonds. The molecule has 0 aromatic carbocycles. The summed E-state index contributed by atoms with van der Waals surface area (Å²) < 4.78 is 5.24. The maximum absolute atomic E-state index is 12.1. The molecule has 0 radical (unpaired) electrons. The van der Waals surface area contributed by atoms with Crippen molar-refractivity contribution < 1.29 is 9.53 Å². The molecule has 96 valence electrons. The molecule has 2 heterocycles. The van der Waals surface area contributed by atoms with Crippen LogP contribution in [-0.2, 0) is 9.53 Å². The molecule has 1 fully saturated rings. The fraction of sp³-hybridized carbons (Fsp3) is 0.750. The molecule has 0 aromatic rings. The van der Waals surface area contributed by atoms with Crippen LogP contribution in [0.1, 0.15) is 6.42 Å². The van der Waals surface area contributed by atoms with E-state index in [0.717, 1.165) is 26.1 Å². The summed E-state index contributed by atoms with van der Waals surface area (Å²) in [7, 11) is 0. The van der Waals surface area contributed by atoms with Gasteiger partial charge in [-0.05, 0) is 6.42 Å². The molecule has 5 heteroatoms. The smallest absolute Gasteiger partial charge is 0.236 e. The third-order valence-corrected chi connectivity index (χ3v) is 3.35. The Hall–Kier alpha value is -0.910. The first-order valence-electron chi connectivity index (χ1n) is 6.27. The second kappa shape index (κ2) is 6.14. The van der Waals surface area contributed by atoms with Gasteiger partial charge in [0.05, 0.1) is 19.8 Å². The quantitative estimate of drug-likeness (QED) is 0.670. The lowest BCUT2D eigenvalue weighted by Gasteiger charge is -2.34. The van der Waals surface area contributed by atoms with Crippen molar-refractivity contribution in [3.63, 3.8) is 0 Å². The van der Waals surface area contributed by atoms with Crippen molar-refractivity contribution in [3.8, 4) is 0 Å². The van der Waals surface area contributed by atoms with Crippen LogP contribution in [0.25, 0.3) is 0 Å². The van der Waals surface area contributed by atoms with Gasteiger partial charge in [-0.1, -0.05) is 12.2 Å². The topological polar surface area (TPSA) is 58.8 Å². The van der Waals surface area contributed by atoms with Crippen LogP contribution >= 0.6 is 0 Å². The molecule has 2 N–H and O–H groups in total. The van der Waals surface area contributed by atoms with Gasteiger partial charge in [0.1, 0.15) is 0 Å². The fourth-order valence-corrected chi connectivity index (χ4v) is 2.29. The van der Waals surface area contributed by atoms with Gasteiger partial charge in [0.15, 0.2) is 0 Å². The molecule has 2 aliphatic rings. The maximum atomic E-state index is 12.1. The van der Waals surface area contributed by atoms with Crippen LogP contribution in [0.3, 0.4) is 0 Å². The number of carbonyl (C=O) groups excluding carboxylic acids is 1. The molecule has 0 aliphatic carbocycles. The molecule has 1 saturated heterocycles. The molecule has 17 heavy (non-hydrogen) atoms. The molecule has 0 aromatic heterocycles. The number of hydrogen-bond acceptors (Lipinski definition) is 4. The number of amides is 1. The van der Waals surface area contributed by atoms with E-state index in [1.807, 2.05) is 4.90 Å². The first-order chi connectivity index (χ1) is 8.31. The first-order valence-corrected chi connectivity index (χ1v) is 6.27. The third-order valence-electron chi connectivity index (χ3n) is 3.35. The van der Waals surface area contributed by atoms with E-state index in [-0.39, 0.29) is 11.9 Å². The lowest BCUT2D eigenvalue weighted by atomic mass is 10.1. The highest BCUT2D eigenvalue weighted by atomic mass is 16.5. The van der Waals surface area contributed by atoms with Crippen LogP contribution in [0.4, 0.5) is 0 Å². The van der Waals surface area contributed by atoms with Gasteiger partial charge in [-0.2, -0.15) is 0 Å². The van der Waals surface area contributed by atoms with Crippen LogP contribution in [0, 0.1) is 0 Å². The van der Waals surface area contributed by atoms with Gasteiger partial charge in [-0.3, -0.25) is 9.69 Å². The minimum absolute atomic E-state index is 0.196. The molecule has 1 atom stereocenters. The van der Waals surface area contributed by atoms with Crippen molar-refractivity contribution in [2.45, 2.75) is 12.5 Å². The largest absolute Gasteiger partial charge is 0.378 e. The maximum Gasteiger partial charge on any atom is 0.236 e. The Bertz CT molecular complexity index is 287. The highest BCUT2D eigenvalue weighted by molar-refractivity contribution is 5.78. The average Bonchev–Trinajstić information content (AvgIpc) is 2.40. The standard InChI is InChI=1S/C12H21N3O2/c13-9-11-3-1-2-4-15(11)10-12(16)14-5-7-17-8-6-14/h1,3,11H,2,4-10,13H2. The van der Waals surface area contributed by atoms with Gasteiger partial charge in [-0.25, -0.2) is 0 Å². The summed E-state index contributed by atoms with van der Waals surface area (Å²) in [5.74, 6) is 0.196. The van der Waals surface area contributed by atoms with E-state index in [2.05, 4.69) is 17.1 Å². The second-order valence-corrected chi connectivity index (χ2v) is 4.48. The van der Waals surface area contributed by atoms with Gasteiger partial charge in [-0.15, -0.1) is 0 Å². The Balaban J connectivity index is 1.86. The van der Waals surface area contributed by atoms with Crippen molar-refractivity contribution in [1.82, 2.24) is 9.80 Å². The van der Waals surface area contributed by atoms with E-state index >= 15 is 0 Å². The lowest BCUT2D eigenvalue weighted by molar-refractivity contribution is -0.136. The number of hydrogen-bond donors (Lipinski definition) is 1. The molecule has 2 aliphatic heterocycles. The van der Waals surface area contributed by atoms with Crippen molar-refractivity contribution in [1.29, 1.82) is 0 Å². The van der Waals surface area contributed by atoms with Crippen molar-refractivity contribution in [3.05, 3.63) is 12.2 Å². The van der Waals surface area contributed by atoms with E-state index in [9.17, 15) is 4.79 Å². The van der Waals surface area contributed by atoms with Crippen molar-refractivity contribution in [2.75, 3.05) is 45.9 Å². The minimum Gasteiger partial charge on any atom is -0.378 e. The van der Waals surface area contributed by atoms with E-state index in [0.29, 0.717) is 26.3 Å². The molecular formula is C12H21N3O2. The monoisotopic (exact) mass is 239 g/mol.